The number of ether oxygens (including phenoxy) is 1. The number of nitrogens with one attached hydrogen (secondary N) is 1. The Kier molecular flexibility index (Phi) is 5.00. The topological polar surface area (TPSA) is 70.8 Å². The first-order chi connectivity index (χ1) is 13.8. The molecule has 0 fully saturated rings. The average Bonchev–Trinajstić information content (AvgIpc) is 3.24. The van der Waals surface area contributed by atoms with Gasteiger partial charge >= 0.3 is 0 Å². The van der Waals surface area contributed by atoms with Gasteiger partial charge in [0.15, 0.2) is 0 Å². The van der Waals surface area contributed by atoms with Crippen molar-refractivity contribution in [3.8, 4) is 23.1 Å². The minimum absolute atomic E-state index is 0.477. The van der Waals surface area contributed by atoms with E-state index in [-0.39, 0.29) is 0 Å². The molecule has 4 aromatic rings. The Morgan fingerprint density at radius 2 is 2.11 bits per heavy atom. The summed E-state index contributed by atoms with van der Waals surface area (Å²) < 4.78 is 5.27. The molecule has 0 saturated carbocycles. The summed E-state index contributed by atoms with van der Waals surface area (Å²) in [5.41, 5.74) is 4.06. The van der Waals surface area contributed by atoms with Gasteiger partial charge in [-0.2, -0.15) is 5.26 Å². The van der Waals surface area contributed by atoms with Gasteiger partial charge in [-0.15, -0.1) is 11.3 Å². The zero-order chi connectivity index (χ0) is 19.3. The van der Waals surface area contributed by atoms with Crippen LogP contribution in [0, 0.1) is 11.3 Å². The fourth-order valence-corrected chi connectivity index (χ4v) is 3.57. The average molecular weight is 384 g/mol. The van der Waals surface area contributed by atoms with E-state index in [1.54, 1.807) is 19.5 Å². The summed E-state index contributed by atoms with van der Waals surface area (Å²) >= 11 is 1.44. The first-order valence-electron chi connectivity index (χ1n) is 8.59. The van der Waals surface area contributed by atoms with Crippen LogP contribution in [0.4, 0.5) is 5.69 Å². The predicted molar refractivity (Wildman–Crippen MR) is 113 cm³/mol. The molecule has 2 aromatic carbocycles. The molecule has 0 saturated heterocycles. The maximum atomic E-state index is 9.57. The monoisotopic (exact) mass is 384 g/mol. The highest BCUT2D eigenvalue weighted by atomic mass is 32.1. The van der Waals surface area contributed by atoms with Gasteiger partial charge in [-0.3, -0.25) is 4.98 Å². The van der Waals surface area contributed by atoms with Crippen LogP contribution in [0.5, 0.6) is 5.75 Å². The van der Waals surface area contributed by atoms with E-state index in [1.165, 1.54) is 11.3 Å². The standard InChI is InChI=1S/C22H16N4OS/c1-27-19-6-2-4-16(11-19)21-14-28-22(26-21)17(12-23)13-25-18-7-8-20-15(10-18)5-3-9-24-20/h2-11,13-14,25H,1H3/b17-13+. The van der Waals surface area contributed by atoms with E-state index < -0.39 is 0 Å². The lowest BCUT2D eigenvalue weighted by molar-refractivity contribution is 0.415. The van der Waals surface area contributed by atoms with Crippen LogP contribution >= 0.6 is 11.3 Å². The van der Waals surface area contributed by atoms with Gasteiger partial charge in [0.2, 0.25) is 0 Å². The van der Waals surface area contributed by atoms with E-state index in [0.29, 0.717) is 10.6 Å². The number of nitriles is 1. The number of methoxy groups -OCH3 is 1. The number of anilines is 1. The predicted octanol–water partition coefficient (Wildman–Crippen LogP) is 5.34. The lowest BCUT2D eigenvalue weighted by Gasteiger charge is -2.03. The molecule has 0 spiro atoms. The normalized spacial score (nSPS) is 11.2. The van der Waals surface area contributed by atoms with Crippen molar-refractivity contribution in [3.63, 3.8) is 0 Å². The van der Waals surface area contributed by atoms with Crippen LogP contribution in [0.15, 0.2) is 72.4 Å². The number of allylic oxidation sites excluding steroid dienone is 1. The van der Waals surface area contributed by atoms with Crippen molar-refractivity contribution in [2.45, 2.75) is 0 Å². The van der Waals surface area contributed by atoms with E-state index >= 15 is 0 Å². The molecule has 2 heterocycles. The summed E-state index contributed by atoms with van der Waals surface area (Å²) in [6.07, 6.45) is 3.46. The third-order valence-corrected chi connectivity index (χ3v) is 5.08. The molecule has 136 valence electrons. The Balaban J connectivity index is 1.58. The Hall–Kier alpha value is -3.69. The van der Waals surface area contributed by atoms with Crippen LogP contribution in [0.2, 0.25) is 0 Å². The first-order valence-corrected chi connectivity index (χ1v) is 9.47. The molecular formula is C22H16N4OS. The second-order valence-corrected chi connectivity index (χ2v) is 6.85. The second-order valence-electron chi connectivity index (χ2n) is 5.99. The van der Waals surface area contributed by atoms with Crippen LogP contribution in [-0.4, -0.2) is 17.1 Å². The Morgan fingerprint density at radius 1 is 1.18 bits per heavy atom. The molecule has 0 bridgehead atoms. The van der Waals surface area contributed by atoms with Crippen molar-refractivity contribution < 1.29 is 4.74 Å². The molecule has 0 unspecified atom stereocenters. The number of rotatable bonds is 5. The molecule has 5 nitrogen and oxygen atoms in total. The van der Waals surface area contributed by atoms with Crippen molar-refractivity contribution in [3.05, 3.63) is 77.4 Å². The van der Waals surface area contributed by atoms with Crippen LogP contribution in [0.3, 0.4) is 0 Å². The highest BCUT2D eigenvalue weighted by molar-refractivity contribution is 7.11. The molecule has 4 rings (SSSR count). The maximum absolute atomic E-state index is 9.57. The number of nitrogens with zero attached hydrogens (tertiary/aromatic N) is 3. The van der Waals surface area contributed by atoms with Crippen LogP contribution in [0.1, 0.15) is 5.01 Å². The quantitative estimate of drug-likeness (QED) is 0.470. The third kappa shape index (κ3) is 3.70. The smallest absolute Gasteiger partial charge is 0.136 e. The Morgan fingerprint density at radius 3 is 2.96 bits per heavy atom. The molecule has 28 heavy (non-hydrogen) atoms. The van der Waals surface area contributed by atoms with Gasteiger partial charge in [0, 0.05) is 34.4 Å². The summed E-state index contributed by atoms with van der Waals surface area (Å²) in [5, 5.41) is 16.4. The fourth-order valence-electron chi connectivity index (χ4n) is 2.78. The molecule has 0 aliphatic carbocycles. The summed E-state index contributed by atoms with van der Waals surface area (Å²) in [7, 11) is 1.64. The molecule has 1 N–H and O–H groups in total. The van der Waals surface area contributed by atoms with E-state index in [0.717, 1.165) is 33.6 Å². The molecule has 6 heteroatoms. The minimum atomic E-state index is 0.477. The molecular weight excluding hydrogens is 368 g/mol. The van der Waals surface area contributed by atoms with Gasteiger partial charge < -0.3 is 10.1 Å². The number of hydrogen-bond donors (Lipinski definition) is 1. The Labute approximate surface area is 166 Å². The van der Waals surface area contributed by atoms with Crippen molar-refractivity contribution in [2.24, 2.45) is 0 Å². The molecule has 0 aliphatic heterocycles. The largest absolute Gasteiger partial charge is 0.497 e. The van der Waals surface area contributed by atoms with Gasteiger partial charge in [0.05, 0.1) is 18.3 Å². The highest BCUT2D eigenvalue weighted by Gasteiger charge is 2.09. The van der Waals surface area contributed by atoms with Crippen LogP contribution < -0.4 is 10.1 Å². The third-order valence-electron chi connectivity index (χ3n) is 4.21. The van der Waals surface area contributed by atoms with E-state index in [1.807, 2.05) is 60.0 Å². The lowest BCUT2D eigenvalue weighted by atomic mass is 10.1. The van der Waals surface area contributed by atoms with Gasteiger partial charge in [-0.1, -0.05) is 18.2 Å². The van der Waals surface area contributed by atoms with E-state index in [4.69, 9.17) is 4.74 Å². The van der Waals surface area contributed by atoms with Crippen molar-refractivity contribution >= 4 is 33.5 Å². The fraction of sp³-hybridized carbons (Fsp3) is 0.0455. The van der Waals surface area contributed by atoms with E-state index in [2.05, 4.69) is 21.4 Å². The number of fused-ring (bicyclic) bond motifs is 1. The molecule has 0 amide bonds. The first kappa shape index (κ1) is 17.7. The van der Waals surface area contributed by atoms with Crippen LogP contribution in [0.25, 0.3) is 27.7 Å². The van der Waals surface area contributed by atoms with Crippen molar-refractivity contribution in [1.82, 2.24) is 9.97 Å². The molecule has 2 aromatic heterocycles. The zero-order valence-electron chi connectivity index (χ0n) is 15.1. The minimum Gasteiger partial charge on any atom is -0.497 e. The van der Waals surface area contributed by atoms with Gasteiger partial charge in [-0.25, -0.2) is 4.98 Å². The summed E-state index contributed by atoms with van der Waals surface area (Å²) in [4.78, 5) is 8.92. The number of hydrogen-bond acceptors (Lipinski definition) is 6. The summed E-state index contributed by atoms with van der Waals surface area (Å²) in [5.74, 6) is 0.774. The SMILES string of the molecule is COc1cccc(-c2csc(/C(C#N)=C/Nc3ccc4ncccc4c3)n2)c1. The highest BCUT2D eigenvalue weighted by Crippen LogP contribution is 2.28. The van der Waals surface area contributed by atoms with Gasteiger partial charge in [-0.05, 0) is 36.4 Å². The van der Waals surface area contributed by atoms with Crippen molar-refractivity contribution in [1.29, 1.82) is 5.26 Å². The van der Waals surface area contributed by atoms with Crippen LogP contribution in [-0.2, 0) is 0 Å². The number of pyridine rings is 1. The second kappa shape index (κ2) is 7.91. The molecule has 0 aliphatic rings. The number of aromatic nitrogens is 2. The number of benzene rings is 2. The lowest BCUT2D eigenvalue weighted by Crippen LogP contribution is -1.91. The number of thiazole rings is 1. The van der Waals surface area contributed by atoms with E-state index in [9.17, 15) is 5.26 Å². The summed E-state index contributed by atoms with van der Waals surface area (Å²) in [6, 6.07) is 19.7. The Bertz CT molecular complexity index is 1210. The zero-order valence-corrected chi connectivity index (χ0v) is 15.9. The molecule has 0 radical (unpaired) electrons. The van der Waals surface area contributed by atoms with Gasteiger partial charge in [0.1, 0.15) is 22.4 Å². The molecule has 0 atom stereocenters. The van der Waals surface area contributed by atoms with Crippen molar-refractivity contribution in [2.75, 3.05) is 12.4 Å². The summed E-state index contributed by atoms with van der Waals surface area (Å²) in [6.45, 7) is 0. The maximum Gasteiger partial charge on any atom is 0.136 e. The van der Waals surface area contributed by atoms with Gasteiger partial charge in [0.25, 0.3) is 0 Å².